The minimum absolute atomic E-state index is 0.0627. The van der Waals surface area contributed by atoms with Crippen molar-refractivity contribution in [2.24, 2.45) is 11.8 Å². The number of benzene rings is 2. The Morgan fingerprint density at radius 2 is 1.34 bits per heavy atom. The van der Waals surface area contributed by atoms with Crippen LogP contribution in [0.1, 0.15) is 90.0 Å². The van der Waals surface area contributed by atoms with E-state index in [1.54, 1.807) is 6.20 Å². The average molecular weight is 792 g/mol. The molecule has 3 aromatic heterocycles. The van der Waals surface area contributed by atoms with Crippen molar-refractivity contribution in [3.8, 4) is 22.5 Å². The van der Waals surface area contributed by atoms with Gasteiger partial charge in [-0.15, -0.1) is 0 Å². The van der Waals surface area contributed by atoms with Crippen LogP contribution in [-0.4, -0.2) is 98.1 Å². The Hall–Kier alpha value is -5.99. The van der Waals surface area contributed by atoms with Gasteiger partial charge in [-0.05, 0) is 67.2 Å². The molecule has 0 radical (unpaired) electrons. The van der Waals surface area contributed by atoms with Crippen molar-refractivity contribution in [1.29, 1.82) is 0 Å². The van der Waals surface area contributed by atoms with E-state index in [0.717, 1.165) is 88.7 Å². The quantitative estimate of drug-likeness (QED) is 0.103. The molecule has 5 heterocycles. The Morgan fingerprint density at radius 3 is 1.95 bits per heavy atom. The van der Waals surface area contributed by atoms with Gasteiger partial charge in [0.1, 0.15) is 23.7 Å². The molecule has 0 unspecified atom stereocenters. The fourth-order valence-electron chi connectivity index (χ4n) is 8.19. The topological polar surface area (TPSA) is 188 Å². The number of fused-ring (bicyclic) bond motifs is 2. The highest BCUT2D eigenvalue weighted by molar-refractivity contribution is 5.91. The number of methoxy groups -OCH3 is 2. The summed E-state index contributed by atoms with van der Waals surface area (Å²) >= 11 is 0. The third-order valence-corrected chi connectivity index (χ3v) is 12.0. The molecule has 2 aliphatic heterocycles. The zero-order valence-electron chi connectivity index (χ0n) is 34.0. The molecule has 4 N–H and O–H groups in total. The molecule has 6 atom stereocenters. The van der Waals surface area contributed by atoms with Crippen LogP contribution >= 0.6 is 0 Å². The number of imidazole rings is 2. The number of H-pyrrole nitrogens is 2. The fraction of sp³-hybridized carbons (Fsp3) is 0.465. The predicted octanol–water partition coefficient (Wildman–Crippen LogP) is 7.04. The van der Waals surface area contributed by atoms with Gasteiger partial charge in [0.15, 0.2) is 0 Å². The number of pyridine rings is 1. The lowest BCUT2D eigenvalue weighted by Crippen LogP contribution is -2.51. The lowest BCUT2D eigenvalue weighted by Gasteiger charge is -2.30. The lowest BCUT2D eigenvalue weighted by molar-refractivity contribution is -0.136. The van der Waals surface area contributed by atoms with Crippen molar-refractivity contribution in [3.63, 3.8) is 0 Å². The van der Waals surface area contributed by atoms with E-state index in [2.05, 4.69) is 38.8 Å². The van der Waals surface area contributed by atoms with E-state index >= 15 is 0 Å². The highest BCUT2D eigenvalue weighted by Gasteiger charge is 2.39. The van der Waals surface area contributed by atoms with Crippen molar-refractivity contribution in [2.75, 3.05) is 27.3 Å². The number of nitrogens with zero attached hydrogens (tertiary/aromatic N) is 5. The molecule has 0 aliphatic carbocycles. The number of ether oxygens (including phenoxy) is 2. The van der Waals surface area contributed by atoms with Gasteiger partial charge < -0.3 is 39.9 Å². The molecule has 2 saturated heterocycles. The van der Waals surface area contributed by atoms with Crippen LogP contribution in [0.4, 0.5) is 9.59 Å². The molecule has 15 nitrogen and oxygen atoms in total. The van der Waals surface area contributed by atoms with Crippen LogP contribution in [0.5, 0.6) is 0 Å². The second-order valence-corrected chi connectivity index (χ2v) is 15.5. The minimum Gasteiger partial charge on any atom is -0.453 e. The number of alkyl carbamates (subject to hydrolysis) is 2. The van der Waals surface area contributed by atoms with Gasteiger partial charge in [0, 0.05) is 35.8 Å². The van der Waals surface area contributed by atoms with Crippen molar-refractivity contribution < 1.29 is 28.7 Å². The van der Waals surface area contributed by atoms with E-state index in [-0.39, 0.29) is 35.7 Å². The van der Waals surface area contributed by atoms with Gasteiger partial charge in [0.25, 0.3) is 0 Å². The summed E-state index contributed by atoms with van der Waals surface area (Å²) in [5.41, 5.74) is 5.18. The zero-order chi connectivity index (χ0) is 41.1. The molecule has 0 saturated carbocycles. The molecule has 4 amide bonds. The average Bonchev–Trinajstić information content (AvgIpc) is 4.09. The molecule has 2 aromatic carbocycles. The highest BCUT2D eigenvalue weighted by atomic mass is 16.5. The summed E-state index contributed by atoms with van der Waals surface area (Å²) < 4.78 is 9.62. The van der Waals surface area contributed by atoms with E-state index in [4.69, 9.17) is 24.4 Å². The first-order valence-corrected chi connectivity index (χ1v) is 20.3. The number of amides is 4. The van der Waals surface area contributed by atoms with Crippen molar-refractivity contribution in [3.05, 3.63) is 66.5 Å². The molecule has 5 aromatic rings. The number of aromatic amines is 2. The minimum atomic E-state index is -0.687. The van der Waals surface area contributed by atoms with Gasteiger partial charge in [0.2, 0.25) is 11.8 Å². The van der Waals surface area contributed by atoms with Crippen molar-refractivity contribution >= 4 is 45.8 Å². The van der Waals surface area contributed by atoms with E-state index in [9.17, 15) is 19.2 Å². The van der Waals surface area contributed by atoms with E-state index < -0.39 is 24.3 Å². The van der Waals surface area contributed by atoms with Gasteiger partial charge in [0.05, 0.1) is 54.9 Å². The van der Waals surface area contributed by atoms with Gasteiger partial charge in [-0.2, -0.15) is 0 Å². The molecular weight excluding hydrogens is 739 g/mol. The molecular formula is C43H53N9O6. The Bertz CT molecular complexity index is 2300. The van der Waals surface area contributed by atoms with Gasteiger partial charge >= 0.3 is 12.2 Å². The molecule has 7 rings (SSSR count). The number of hydrogen-bond donors (Lipinski definition) is 4. The standard InChI is InChI=1S/C43H53N9O6/c1-7-24(3)36(49-42(55)57-5)40(53)51-17-9-11-34(51)38-45-23-33(48-38)27-14-13-26-20-31(44-22-29(26)19-27)28-15-16-30-32(21-28)47-39(46-30)35-12-10-18-52(35)41(54)37(25(4)8-2)50-43(56)58-6/h13-16,19-25,34-37H,7-12,17-18H2,1-6H3,(H,45,48)(H,46,47)(H,49,55)(H,50,56)/t24-,25-,34-,35-,36-,37-/m0/s1. The van der Waals surface area contributed by atoms with Crippen molar-refractivity contribution in [1.82, 2.24) is 45.4 Å². The number of rotatable bonds is 12. The smallest absolute Gasteiger partial charge is 0.407 e. The maximum absolute atomic E-state index is 13.8. The first-order valence-electron chi connectivity index (χ1n) is 20.3. The van der Waals surface area contributed by atoms with Crippen LogP contribution in [0.3, 0.4) is 0 Å². The Morgan fingerprint density at radius 1 is 0.741 bits per heavy atom. The molecule has 2 aliphatic rings. The second-order valence-electron chi connectivity index (χ2n) is 15.5. The number of carbonyl (C=O) groups excluding carboxylic acids is 4. The normalized spacial score (nSPS) is 18.9. The number of nitrogens with one attached hydrogen (secondary N) is 4. The monoisotopic (exact) mass is 791 g/mol. The lowest BCUT2D eigenvalue weighted by atomic mass is 9.97. The molecule has 306 valence electrons. The SMILES string of the molecule is CC[C@H](C)[C@H](NC(=O)OC)C(=O)N1CCC[C@H]1c1ncc(-c2ccc3cc(-c4ccc5nc([C@@H]6CCCN6C(=O)[C@@H](NC(=O)OC)[C@@H](C)CC)[nH]c5c4)ncc3c2)[nH]1. The van der Waals surface area contributed by atoms with Gasteiger partial charge in [-0.1, -0.05) is 58.7 Å². The Labute approximate surface area is 337 Å². The predicted molar refractivity (Wildman–Crippen MR) is 219 cm³/mol. The summed E-state index contributed by atoms with van der Waals surface area (Å²) in [5, 5.41) is 7.49. The van der Waals surface area contributed by atoms with E-state index in [1.165, 1.54) is 14.2 Å². The molecule has 58 heavy (non-hydrogen) atoms. The highest BCUT2D eigenvalue weighted by Crippen LogP contribution is 2.36. The fourth-order valence-corrected chi connectivity index (χ4v) is 8.19. The third-order valence-electron chi connectivity index (χ3n) is 12.0. The zero-order valence-corrected chi connectivity index (χ0v) is 34.0. The summed E-state index contributed by atoms with van der Waals surface area (Å²) in [7, 11) is 2.60. The first-order chi connectivity index (χ1) is 28.0. The number of aromatic nitrogens is 5. The molecule has 0 bridgehead atoms. The van der Waals surface area contributed by atoms with Crippen LogP contribution in [-0.2, 0) is 19.1 Å². The first kappa shape index (κ1) is 40.2. The third kappa shape index (κ3) is 8.07. The van der Waals surface area contributed by atoms with Gasteiger partial charge in [-0.25, -0.2) is 19.6 Å². The summed E-state index contributed by atoms with van der Waals surface area (Å²) in [6.45, 7) is 9.07. The number of likely N-dealkylation sites (tertiary alicyclic amines) is 2. The molecule has 2 fully saturated rings. The van der Waals surface area contributed by atoms with Crippen LogP contribution in [0.25, 0.3) is 44.3 Å². The summed E-state index contributed by atoms with van der Waals surface area (Å²) in [6, 6.07) is 12.4. The van der Waals surface area contributed by atoms with E-state index in [0.29, 0.717) is 18.9 Å². The largest absolute Gasteiger partial charge is 0.453 e. The summed E-state index contributed by atoms with van der Waals surface area (Å²) in [4.78, 5) is 76.8. The van der Waals surface area contributed by atoms with Crippen LogP contribution < -0.4 is 10.6 Å². The Kier molecular flexibility index (Phi) is 12.0. The van der Waals surface area contributed by atoms with Crippen LogP contribution in [0.15, 0.2) is 54.9 Å². The maximum atomic E-state index is 13.8. The number of hydrogen-bond acceptors (Lipinski definition) is 9. The summed E-state index contributed by atoms with van der Waals surface area (Å²) in [5.74, 6) is 1.04. The second kappa shape index (κ2) is 17.2. The molecule has 0 spiro atoms. The van der Waals surface area contributed by atoms with Gasteiger partial charge in [-0.3, -0.25) is 14.6 Å². The molecule has 15 heteroatoms. The summed E-state index contributed by atoms with van der Waals surface area (Å²) in [6.07, 6.45) is 7.11. The van der Waals surface area contributed by atoms with Crippen molar-refractivity contribution in [2.45, 2.75) is 90.4 Å². The van der Waals surface area contributed by atoms with Crippen LogP contribution in [0.2, 0.25) is 0 Å². The van der Waals surface area contributed by atoms with Crippen LogP contribution in [0, 0.1) is 11.8 Å². The van der Waals surface area contributed by atoms with E-state index in [1.807, 2.05) is 68.0 Å². The maximum Gasteiger partial charge on any atom is 0.407 e. The number of carbonyl (C=O) groups is 4. The Balaban J connectivity index is 1.07.